The summed E-state index contributed by atoms with van der Waals surface area (Å²) in [4.78, 5) is 36.4. The van der Waals surface area contributed by atoms with Gasteiger partial charge in [0.15, 0.2) is 11.5 Å². The van der Waals surface area contributed by atoms with Gasteiger partial charge in [0.1, 0.15) is 12.4 Å². The minimum atomic E-state index is -1.14. The molecule has 2 heterocycles. The SMILES string of the molecule is O=CC(=O)Nc1ccc2c(c1)-n1cc(C(=O)O)nc1CO2. The molecule has 1 aromatic carbocycles. The average Bonchev–Trinajstić information content (AvgIpc) is 2.92. The standard InChI is InChI=1S/C13H9N3O5/c17-5-12(18)14-7-1-2-10-9(3-7)16-4-8(13(19)20)15-11(16)6-21-10/h1-5H,6H2,(H,14,18)(H,19,20). The summed E-state index contributed by atoms with van der Waals surface area (Å²) in [5, 5.41) is 11.4. The molecule has 0 saturated carbocycles. The van der Waals surface area contributed by atoms with E-state index < -0.39 is 11.9 Å². The number of carbonyl (C=O) groups excluding carboxylic acids is 2. The summed E-state index contributed by atoms with van der Waals surface area (Å²) >= 11 is 0. The van der Waals surface area contributed by atoms with Crippen LogP contribution in [0.3, 0.4) is 0 Å². The molecule has 106 valence electrons. The minimum Gasteiger partial charge on any atom is -0.483 e. The summed E-state index contributed by atoms with van der Waals surface area (Å²) in [6.45, 7) is 0.153. The summed E-state index contributed by atoms with van der Waals surface area (Å²) in [6.07, 6.45) is 1.55. The van der Waals surface area contributed by atoms with Crippen molar-refractivity contribution in [3.63, 3.8) is 0 Å². The number of fused-ring (bicyclic) bond motifs is 3. The number of carboxylic acids is 1. The van der Waals surface area contributed by atoms with Gasteiger partial charge in [-0.25, -0.2) is 9.78 Å². The van der Waals surface area contributed by atoms with Crippen molar-refractivity contribution in [1.82, 2.24) is 9.55 Å². The van der Waals surface area contributed by atoms with Gasteiger partial charge in [-0.05, 0) is 18.2 Å². The third kappa shape index (κ3) is 2.22. The molecule has 1 aromatic heterocycles. The van der Waals surface area contributed by atoms with Crippen LogP contribution in [0.2, 0.25) is 0 Å². The molecule has 0 aliphatic carbocycles. The number of aromatic nitrogens is 2. The fourth-order valence-corrected chi connectivity index (χ4v) is 2.05. The van der Waals surface area contributed by atoms with Crippen molar-refractivity contribution < 1.29 is 24.2 Å². The van der Waals surface area contributed by atoms with Gasteiger partial charge in [0.05, 0.1) is 5.69 Å². The number of carboxylic acid groups (broad SMARTS) is 1. The number of aromatic carboxylic acids is 1. The first-order valence-electron chi connectivity index (χ1n) is 5.93. The summed E-state index contributed by atoms with van der Waals surface area (Å²) in [6, 6.07) is 4.78. The first kappa shape index (κ1) is 12.9. The maximum absolute atomic E-state index is 11.1. The van der Waals surface area contributed by atoms with Gasteiger partial charge in [0.2, 0.25) is 6.29 Å². The maximum Gasteiger partial charge on any atom is 0.356 e. The van der Waals surface area contributed by atoms with Gasteiger partial charge in [0.25, 0.3) is 5.91 Å². The maximum atomic E-state index is 11.1. The Morgan fingerprint density at radius 3 is 2.95 bits per heavy atom. The van der Waals surface area contributed by atoms with E-state index in [-0.39, 0.29) is 18.6 Å². The van der Waals surface area contributed by atoms with Gasteiger partial charge < -0.3 is 15.2 Å². The van der Waals surface area contributed by atoms with E-state index in [1.54, 1.807) is 22.8 Å². The molecule has 0 spiro atoms. The number of aldehydes is 1. The molecule has 0 radical (unpaired) electrons. The second-order valence-electron chi connectivity index (χ2n) is 4.30. The molecule has 1 amide bonds. The molecule has 0 fully saturated rings. The Bertz CT molecular complexity index is 765. The molecule has 2 N–H and O–H groups in total. The lowest BCUT2D eigenvalue weighted by atomic mass is 10.2. The van der Waals surface area contributed by atoms with E-state index in [0.717, 1.165) is 0 Å². The lowest BCUT2D eigenvalue weighted by molar-refractivity contribution is -0.127. The molecular weight excluding hydrogens is 278 g/mol. The number of benzene rings is 1. The predicted octanol–water partition coefficient (Wildman–Crippen LogP) is 0.600. The van der Waals surface area contributed by atoms with Crippen LogP contribution in [0.25, 0.3) is 5.69 Å². The van der Waals surface area contributed by atoms with E-state index in [4.69, 9.17) is 9.84 Å². The third-order valence-electron chi connectivity index (χ3n) is 2.95. The van der Waals surface area contributed by atoms with Crippen LogP contribution >= 0.6 is 0 Å². The van der Waals surface area contributed by atoms with Gasteiger partial charge in [-0.3, -0.25) is 14.2 Å². The van der Waals surface area contributed by atoms with E-state index in [9.17, 15) is 14.4 Å². The number of imidazole rings is 1. The van der Waals surface area contributed by atoms with Gasteiger partial charge in [0, 0.05) is 11.9 Å². The average molecular weight is 287 g/mol. The first-order valence-corrected chi connectivity index (χ1v) is 5.93. The van der Waals surface area contributed by atoms with Crippen molar-refractivity contribution in [1.29, 1.82) is 0 Å². The fraction of sp³-hybridized carbons (Fsp3) is 0.0769. The topological polar surface area (TPSA) is 111 Å². The van der Waals surface area contributed by atoms with Crippen molar-refractivity contribution in [2.24, 2.45) is 0 Å². The highest BCUT2D eigenvalue weighted by Crippen LogP contribution is 2.32. The lowest BCUT2D eigenvalue weighted by Gasteiger charge is -2.19. The van der Waals surface area contributed by atoms with Crippen LogP contribution in [0, 0.1) is 0 Å². The molecule has 0 unspecified atom stereocenters. The van der Waals surface area contributed by atoms with E-state index >= 15 is 0 Å². The molecule has 0 bridgehead atoms. The van der Waals surface area contributed by atoms with Crippen molar-refractivity contribution in [3.8, 4) is 11.4 Å². The fourth-order valence-electron chi connectivity index (χ4n) is 2.05. The zero-order valence-electron chi connectivity index (χ0n) is 10.6. The predicted molar refractivity (Wildman–Crippen MR) is 69.5 cm³/mol. The van der Waals surface area contributed by atoms with Crippen LogP contribution < -0.4 is 10.1 Å². The smallest absolute Gasteiger partial charge is 0.356 e. The Labute approximate surface area is 118 Å². The van der Waals surface area contributed by atoms with Gasteiger partial charge >= 0.3 is 5.97 Å². The zero-order valence-corrected chi connectivity index (χ0v) is 10.6. The Hall–Kier alpha value is -3.16. The number of hydrogen-bond donors (Lipinski definition) is 2. The van der Waals surface area contributed by atoms with Crippen LogP contribution in [-0.4, -0.2) is 32.8 Å². The molecule has 3 rings (SSSR count). The molecule has 8 nitrogen and oxygen atoms in total. The highest BCUT2D eigenvalue weighted by molar-refractivity contribution is 6.29. The highest BCUT2D eigenvalue weighted by Gasteiger charge is 2.22. The third-order valence-corrected chi connectivity index (χ3v) is 2.95. The van der Waals surface area contributed by atoms with Crippen LogP contribution in [0.5, 0.6) is 5.75 Å². The van der Waals surface area contributed by atoms with E-state index in [1.807, 2.05) is 0 Å². The molecule has 21 heavy (non-hydrogen) atoms. The normalized spacial score (nSPS) is 11.8. The van der Waals surface area contributed by atoms with Gasteiger partial charge in [-0.2, -0.15) is 0 Å². The summed E-state index contributed by atoms with van der Waals surface area (Å²) in [5.41, 5.74) is 0.844. The number of carbonyl (C=O) groups is 3. The van der Waals surface area contributed by atoms with Crippen molar-refractivity contribution in [3.05, 3.63) is 35.9 Å². The van der Waals surface area contributed by atoms with Gasteiger partial charge in [-0.1, -0.05) is 0 Å². The molecule has 2 aromatic rings. The van der Waals surface area contributed by atoms with Crippen molar-refractivity contribution >= 4 is 23.9 Å². The molecule has 0 atom stereocenters. The van der Waals surface area contributed by atoms with E-state index in [2.05, 4.69) is 10.3 Å². The monoisotopic (exact) mass is 287 g/mol. The number of nitrogens with one attached hydrogen (secondary N) is 1. The summed E-state index contributed by atoms with van der Waals surface area (Å²) in [7, 11) is 0. The number of nitrogens with zero attached hydrogens (tertiary/aromatic N) is 2. The number of anilines is 1. The highest BCUT2D eigenvalue weighted by atomic mass is 16.5. The Morgan fingerprint density at radius 2 is 2.24 bits per heavy atom. The quantitative estimate of drug-likeness (QED) is 0.631. The van der Waals surface area contributed by atoms with Crippen LogP contribution in [-0.2, 0) is 16.2 Å². The number of hydrogen-bond acceptors (Lipinski definition) is 5. The van der Waals surface area contributed by atoms with Crippen LogP contribution in [0.15, 0.2) is 24.4 Å². The lowest BCUT2D eigenvalue weighted by Crippen LogP contribution is -2.15. The van der Waals surface area contributed by atoms with Crippen molar-refractivity contribution in [2.75, 3.05) is 5.32 Å². The Morgan fingerprint density at radius 1 is 1.43 bits per heavy atom. The summed E-state index contributed by atoms with van der Waals surface area (Å²) in [5.74, 6) is -0.938. The van der Waals surface area contributed by atoms with E-state index in [1.165, 1.54) is 6.20 Å². The second-order valence-corrected chi connectivity index (χ2v) is 4.30. The first-order chi connectivity index (χ1) is 10.1. The number of ether oxygens (including phenoxy) is 1. The van der Waals surface area contributed by atoms with Crippen molar-refractivity contribution in [2.45, 2.75) is 6.61 Å². The minimum absolute atomic E-state index is 0.0937. The van der Waals surface area contributed by atoms with Crippen LogP contribution in [0.1, 0.15) is 16.3 Å². The number of rotatable bonds is 3. The largest absolute Gasteiger partial charge is 0.483 e. The molecule has 1 aliphatic heterocycles. The van der Waals surface area contributed by atoms with E-state index in [0.29, 0.717) is 22.9 Å². The number of amides is 1. The summed E-state index contributed by atoms with van der Waals surface area (Å²) < 4.78 is 7.05. The van der Waals surface area contributed by atoms with Gasteiger partial charge in [-0.15, -0.1) is 0 Å². The Balaban J connectivity index is 2.05. The zero-order chi connectivity index (χ0) is 15.0. The second kappa shape index (κ2) is 4.75. The molecule has 8 heteroatoms. The molecule has 0 saturated heterocycles. The van der Waals surface area contributed by atoms with Crippen LogP contribution in [0.4, 0.5) is 5.69 Å². The Kier molecular flexibility index (Phi) is 2.90. The molecule has 1 aliphatic rings. The molecular formula is C13H9N3O5.